The third kappa shape index (κ3) is 6.91. The number of methoxy groups -OCH3 is 1. The minimum atomic E-state index is -4.37. The van der Waals surface area contributed by atoms with Crippen LogP contribution in [0.1, 0.15) is 18.4 Å². The average molecular weight is 390 g/mol. The average Bonchev–Trinajstić information content (AvgIpc) is 2.66. The van der Waals surface area contributed by atoms with Gasteiger partial charge in [0.25, 0.3) is 0 Å². The predicted octanol–water partition coefficient (Wildman–Crippen LogP) is 2.62. The number of ether oxygens (including phenoxy) is 3. The summed E-state index contributed by atoms with van der Waals surface area (Å²) < 4.78 is 51.0. The topological polar surface area (TPSA) is 68.8 Å². The van der Waals surface area contributed by atoms with Crippen molar-refractivity contribution in [3.63, 3.8) is 0 Å². The number of carbonyl (C=O) groups is 1. The van der Waals surface area contributed by atoms with Crippen LogP contribution in [0.3, 0.4) is 0 Å². The quantitative estimate of drug-likeness (QED) is 0.670. The van der Waals surface area contributed by atoms with Gasteiger partial charge in [0.2, 0.25) is 0 Å². The van der Waals surface area contributed by atoms with Crippen LogP contribution in [-0.2, 0) is 14.9 Å². The highest BCUT2D eigenvalue weighted by Crippen LogP contribution is 2.35. The molecule has 0 spiro atoms. The van der Waals surface area contributed by atoms with Crippen LogP contribution in [-0.4, -0.2) is 58.8 Å². The number of alkyl halides is 3. The van der Waals surface area contributed by atoms with Crippen molar-refractivity contribution in [3.8, 4) is 5.75 Å². The monoisotopic (exact) mass is 390 g/mol. The number of halogens is 3. The Morgan fingerprint density at radius 3 is 2.44 bits per heavy atom. The Morgan fingerprint density at radius 2 is 1.85 bits per heavy atom. The van der Waals surface area contributed by atoms with E-state index in [2.05, 4.69) is 15.4 Å². The highest BCUT2D eigenvalue weighted by Gasteiger charge is 2.35. The Hall–Kier alpha value is -2.00. The zero-order valence-electron chi connectivity index (χ0n) is 15.2. The van der Waals surface area contributed by atoms with Crippen LogP contribution in [0, 0.1) is 0 Å². The third-order valence-corrected chi connectivity index (χ3v) is 4.54. The van der Waals surface area contributed by atoms with Gasteiger partial charge in [0.1, 0.15) is 12.4 Å². The van der Waals surface area contributed by atoms with E-state index in [1.165, 1.54) is 0 Å². The molecule has 27 heavy (non-hydrogen) atoms. The molecule has 1 aromatic carbocycles. The molecule has 0 saturated carbocycles. The van der Waals surface area contributed by atoms with Crippen molar-refractivity contribution in [2.45, 2.75) is 24.4 Å². The fraction of sp³-hybridized carbons (Fsp3) is 0.611. The minimum Gasteiger partial charge on any atom is -0.497 e. The maximum Gasteiger partial charge on any atom is 0.411 e. The first-order valence-corrected chi connectivity index (χ1v) is 8.73. The maximum absolute atomic E-state index is 12.0. The lowest BCUT2D eigenvalue weighted by molar-refractivity contribution is -0.173. The lowest BCUT2D eigenvalue weighted by Crippen LogP contribution is -2.47. The second-order valence-electron chi connectivity index (χ2n) is 6.40. The van der Waals surface area contributed by atoms with Crippen molar-refractivity contribution in [1.82, 2.24) is 10.6 Å². The lowest BCUT2D eigenvalue weighted by Gasteiger charge is -2.38. The SMILES string of the molecule is COc1ccc(C2(CNC(=O)NCCOCC(F)(F)F)CCOCC2)cc1. The normalized spacial score (nSPS) is 16.6. The molecular formula is C18H25F3N2O4. The van der Waals surface area contributed by atoms with E-state index in [4.69, 9.17) is 9.47 Å². The summed E-state index contributed by atoms with van der Waals surface area (Å²) in [4.78, 5) is 12.0. The molecule has 0 aromatic heterocycles. The van der Waals surface area contributed by atoms with Gasteiger partial charge in [-0.2, -0.15) is 13.2 Å². The highest BCUT2D eigenvalue weighted by molar-refractivity contribution is 5.74. The Kier molecular flexibility index (Phi) is 7.73. The lowest BCUT2D eigenvalue weighted by atomic mass is 9.74. The summed E-state index contributed by atoms with van der Waals surface area (Å²) in [6.07, 6.45) is -2.85. The number of hydrogen-bond acceptors (Lipinski definition) is 4. The summed E-state index contributed by atoms with van der Waals surface area (Å²) in [5.41, 5.74) is 0.828. The van der Waals surface area contributed by atoms with E-state index >= 15 is 0 Å². The molecule has 1 aromatic rings. The molecule has 0 atom stereocenters. The third-order valence-electron chi connectivity index (χ3n) is 4.54. The van der Waals surface area contributed by atoms with E-state index in [-0.39, 0.29) is 18.6 Å². The largest absolute Gasteiger partial charge is 0.497 e. The molecule has 0 aliphatic carbocycles. The Balaban J connectivity index is 1.84. The van der Waals surface area contributed by atoms with E-state index in [1.54, 1.807) is 7.11 Å². The van der Waals surface area contributed by atoms with Crippen molar-refractivity contribution in [2.24, 2.45) is 0 Å². The van der Waals surface area contributed by atoms with E-state index < -0.39 is 18.8 Å². The summed E-state index contributed by atoms with van der Waals surface area (Å²) in [6, 6.07) is 7.28. The number of nitrogens with one attached hydrogen (secondary N) is 2. The Labute approximate surface area is 156 Å². The van der Waals surface area contributed by atoms with E-state index in [1.807, 2.05) is 24.3 Å². The molecule has 9 heteroatoms. The molecule has 6 nitrogen and oxygen atoms in total. The van der Waals surface area contributed by atoms with Crippen LogP contribution in [0.2, 0.25) is 0 Å². The molecular weight excluding hydrogens is 365 g/mol. The molecule has 1 heterocycles. The zero-order chi connectivity index (χ0) is 19.8. The van der Waals surface area contributed by atoms with Crippen molar-refractivity contribution in [1.29, 1.82) is 0 Å². The molecule has 1 aliphatic heterocycles. The molecule has 0 radical (unpaired) electrons. The Morgan fingerprint density at radius 1 is 1.19 bits per heavy atom. The van der Waals surface area contributed by atoms with Gasteiger partial charge in [-0.1, -0.05) is 12.1 Å². The van der Waals surface area contributed by atoms with Crippen LogP contribution in [0.4, 0.5) is 18.0 Å². The number of urea groups is 1. The van der Waals surface area contributed by atoms with Crippen molar-refractivity contribution in [2.75, 3.05) is 46.6 Å². The van der Waals surface area contributed by atoms with Crippen LogP contribution < -0.4 is 15.4 Å². The molecule has 1 aliphatic rings. The minimum absolute atomic E-state index is 0.000556. The number of rotatable bonds is 8. The smallest absolute Gasteiger partial charge is 0.411 e. The fourth-order valence-corrected chi connectivity index (χ4v) is 3.01. The van der Waals surface area contributed by atoms with Crippen LogP contribution in [0.25, 0.3) is 0 Å². The van der Waals surface area contributed by atoms with Crippen LogP contribution in [0.15, 0.2) is 24.3 Å². The van der Waals surface area contributed by atoms with E-state index in [9.17, 15) is 18.0 Å². The van der Waals surface area contributed by atoms with Gasteiger partial charge >= 0.3 is 12.2 Å². The number of hydrogen-bond donors (Lipinski definition) is 2. The molecule has 0 bridgehead atoms. The second kappa shape index (κ2) is 9.80. The molecule has 1 saturated heterocycles. The van der Waals surface area contributed by atoms with E-state index in [0.717, 1.165) is 24.2 Å². The predicted molar refractivity (Wildman–Crippen MR) is 93.0 cm³/mol. The molecule has 2 N–H and O–H groups in total. The van der Waals surface area contributed by atoms with Gasteiger partial charge in [0.05, 0.1) is 13.7 Å². The van der Waals surface area contributed by atoms with Crippen molar-refractivity contribution >= 4 is 6.03 Å². The van der Waals surface area contributed by atoms with Gasteiger partial charge in [-0.05, 0) is 30.5 Å². The number of benzene rings is 1. The van der Waals surface area contributed by atoms with Crippen molar-refractivity contribution < 1.29 is 32.2 Å². The fourth-order valence-electron chi connectivity index (χ4n) is 3.01. The summed E-state index contributed by atoms with van der Waals surface area (Å²) in [5.74, 6) is 0.755. The van der Waals surface area contributed by atoms with Gasteiger partial charge in [0.15, 0.2) is 0 Å². The summed E-state index contributed by atoms with van der Waals surface area (Å²) >= 11 is 0. The van der Waals surface area contributed by atoms with E-state index in [0.29, 0.717) is 19.8 Å². The summed E-state index contributed by atoms with van der Waals surface area (Å²) in [7, 11) is 1.60. The van der Waals surface area contributed by atoms with Gasteiger partial charge < -0.3 is 24.8 Å². The van der Waals surface area contributed by atoms with Gasteiger partial charge in [-0.25, -0.2) is 4.79 Å². The number of carbonyl (C=O) groups excluding carboxylic acids is 1. The molecule has 2 rings (SSSR count). The van der Waals surface area contributed by atoms with Gasteiger partial charge in [0, 0.05) is 31.7 Å². The second-order valence-corrected chi connectivity index (χ2v) is 6.40. The molecule has 0 unspecified atom stereocenters. The molecule has 2 amide bonds. The number of amides is 2. The zero-order valence-corrected chi connectivity index (χ0v) is 15.2. The van der Waals surface area contributed by atoms with Gasteiger partial charge in [-0.15, -0.1) is 0 Å². The van der Waals surface area contributed by atoms with Crippen LogP contribution in [0.5, 0.6) is 5.75 Å². The first kappa shape index (κ1) is 21.3. The Bertz CT molecular complexity index is 587. The maximum atomic E-state index is 12.0. The first-order valence-electron chi connectivity index (χ1n) is 8.73. The highest BCUT2D eigenvalue weighted by atomic mass is 19.4. The molecule has 152 valence electrons. The standard InChI is InChI=1S/C18H25F3N2O4/c1-25-15-4-2-14(3-5-15)17(6-9-26-10-7-17)12-23-16(24)22-8-11-27-13-18(19,20)21/h2-5H,6-13H2,1H3,(H2,22,23,24). The molecule has 1 fully saturated rings. The summed E-state index contributed by atoms with van der Waals surface area (Å²) in [5, 5.41) is 5.31. The van der Waals surface area contributed by atoms with Crippen molar-refractivity contribution in [3.05, 3.63) is 29.8 Å². The summed E-state index contributed by atoms with van der Waals surface area (Å²) in [6.45, 7) is 0.0704. The first-order chi connectivity index (χ1) is 12.8. The van der Waals surface area contributed by atoms with Gasteiger partial charge in [-0.3, -0.25) is 0 Å². The van der Waals surface area contributed by atoms with Crippen LogP contribution >= 0.6 is 0 Å².